The maximum atomic E-state index is 6.27. The molecule has 1 aromatic rings. The van der Waals surface area contributed by atoms with Crippen LogP contribution in [0, 0.1) is 11.3 Å². The summed E-state index contributed by atoms with van der Waals surface area (Å²) in [5, 5.41) is 0. The van der Waals surface area contributed by atoms with Crippen LogP contribution in [0.3, 0.4) is 0 Å². The normalized spacial score (nSPS) is 26.8. The van der Waals surface area contributed by atoms with Gasteiger partial charge in [-0.15, -0.1) is 0 Å². The van der Waals surface area contributed by atoms with E-state index in [2.05, 4.69) is 61.0 Å². The topological polar surface area (TPSA) is 35.2 Å². The predicted octanol–water partition coefficient (Wildman–Crippen LogP) is 4.90. The number of nitrogens with two attached hydrogens (primary N) is 1. The second-order valence-electron chi connectivity index (χ2n) is 7.44. The van der Waals surface area contributed by atoms with Crippen molar-refractivity contribution in [2.75, 3.05) is 6.54 Å². The van der Waals surface area contributed by atoms with Crippen LogP contribution in [0.5, 0.6) is 0 Å². The molecule has 2 N–H and O–H groups in total. The molecule has 0 heterocycles. The van der Waals surface area contributed by atoms with Gasteiger partial charge in [0.1, 0.15) is 0 Å². The molecular weight excluding hydrogens is 326 g/mol. The van der Waals surface area contributed by atoms with Crippen LogP contribution in [0.1, 0.15) is 52.0 Å². The van der Waals surface area contributed by atoms with Gasteiger partial charge in [0.15, 0.2) is 0 Å². The molecular formula is C18H28BrNO. The Balaban J connectivity index is 1.92. The number of ether oxygens (including phenoxy) is 1. The van der Waals surface area contributed by atoms with Crippen molar-refractivity contribution >= 4 is 15.9 Å². The third-order valence-electron chi connectivity index (χ3n) is 4.95. The summed E-state index contributed by atoms with van der Waals surface area (Å²) in [6.07, 6.45) is 4.62. The molecule has 2 rings (SSSR count). The van der Waals surface area contributed by atoms with Crippen molar-refractivity contribution in [3.63, 3.8) is 0 Å². The van der Waals surface area contributed by atoms with Gasteiger partial charge in [0.2, 0.25) is 0 Å². The van der Waals surface area contributed by atoms with Crippen molar-refractivity contribution in [2.24, 2.45) is 17.1 Å². The zero-order chi connectivity index (χ0) is 15.5. The second-order valence-corrected chi connectivity index (χ2v) is 8.36. The van der Waals surface area contributed by atoms with E-state index < -0.39 is 0 Å². The number of hydrogen-bond acceptors (Lipinski definition) is 2. The predicted molar refractivity (Wildman–Crippen MR) is 92.1 cm³/mol. The van der Waals surface area contributed by atoms with E-state index in [1.54, 1.807) is 0 Å². The van der Waals surface area contributed by atoms with Gasteiger partial charge in [0.05, 0.1) is 12.2 Å². The SMILES string of the molecule is CC(C)(C)C1CCC(CN)(OCc2ccc(Br)cc2)CC1. The summed E-state index contributed by atoms with van der Waals surface area (Å²) >= 11 is 3.46. The molecule has 2 nitrogen and oxygen atoms in total. The first kappa shape index (κ1) is 17.0. The van der Waals surface area contributed by atoms with Crippen LogP contribution in [0.2, 0.25) is 0 Å². The van der Waals surface area contributed by atoms with Crippen molar-refractivity contribution in [1.29, 1.82) is 0 Å². The van der Waals surface area contributed by atoms with Crippen LogP contribution in [0.4, 0.5) is 0 Å². The van der Waals surface area contributed by atoms with E-state index in [0.717, 1.165) is 23.2 Å². The van der Waals surface area contributed by atoms with E-state index in [9.17, 15) is 0 Å². The molecule has 21 heavy (non-hydrogen) atoms. The van der Waals surface area contributed by atoms with Crippen LogP contribution < -0.4 is 5.73 Å². The van der Waals surface area contributed by atoms with Gasteiger partial charge >= 0.3 is 0 Å². The standard InChI is InChI=1S/C18H28BrNO/c1-17(2,3)15-8-10-18(13-20,11-9-15)21-12-14-4-6-16(19)7-5-14/h4-7,15H,8-13,20H2,1-3H3. The third kappa shape index (κ3) is 4.54. The Bertz CT molecular complexity index is 441. The fourth-order valence-electron chi connectivity index (χ4n) is 3.23. The summed E-state index contributed by atoms with van der Waals surface area (Å²) in [5.41, 5.74) is 7.54. The maximum Gasteiger partial charge on any atom is 0.0808 e. The zero-order valence-corrected chi connectivity index (χ0v) is 15.1. The first-order valence-corrected chi connectivity index (χ1v) is 8.72. The molecule has 0 aliphatic heterocycles. The van der Waals surface area contributed by atoms with Crippen molar-refractivity contribution in [1.82, 2.24) is 0 Å². The van der Waals surface area contributed by atoms with E-state index in [1.165, 1.54) is 18.4 Å². The summed E-state index contributed by atoms with van der Waals surface area (Å²) in [7, 11) is 0. The monoisotopic (exact) mass is 353 g/mol. The fourth-order valence-corrected chi connectivity index (χ4v) is 3.50. The molecule has 0 saturated heterocycles. The Labute approximate surface area is 137 Å². The first-order valence-electron chi connectivity index (χ1n) is 7.93. The molecule has 0 aromatic heterocycles. The summed E-state index contributed by atoms with van der Waals surface area (Å²) in [4.78, 5) is 0. The zero-order valence-electron chi connectivity index (χ0n) is 13.5. The average molecular weight is 354 g/mol. The van der Waals surface area contributed by atoms with Gasteiger partial charge < -0.3 is 10.5 Å². The van der Waals surface area contributed by atoms with E-state index in [0.29, 0.717) is 18.6 Å². The van der Waals surface area contributed by atoms with Gasteiger partial charge in [-0.3, -0.25) is 0 Å². The Morgan fingerprint density at radius 2 is 1.76 bits per heavy atom. The molecule has 0 spiro atoms. The minimum atomic E-state index is -0.116. The Morgan fingerprint density at radius 3 is 2.24 bits per heavy atom. The van der Waals surface area contributed by atoms with Gasteiger partial charge in [-0.2, -0.15) is 0 Å². The van der Waals surface area contributed by atoms with Crippen LogP contribution >= 0.6 is 15.9 Å². The molecule has 0 unspecified atom stereocenters. The molecule has 1 aliphatic rings. The Morgan fingerprint density at radius 1 is 1.19 bits per heavy atom. The molecule has 0 bridgehead atoms. The van der Waals surface area contributed by atoms with Crippen molar-refractivity contribution in [3.05, 3.63) is 34.3 Å². The molecule has 0 radical (unpaired) electrons. The number of benzene rings is 1. The lowest BCUT2D eigenvalue weighted by atomic mass is 9.68. The van der Waals surface area contributed by atoms with Crippen molar-refractivity contribution in [2.45, 2.75) is 58.7 Å². The summed E-state index contributed by atoms with van der Waals surface area (Å²) in [5.74, 6) is 0.786. The molecule has 0 atom stereocenters. The Kier molecular flexibility index (Phi) is 5.50. The Hall–Kier alpha value is -0.380. The van der Waals surface area contributed by atoms with Gasteiger partial charge in [-0.05, 0) is 54.7 Å². The molecule has 1 aromatic carbocycles. The second kappa shape index (κ2) is 6.80. The molecule has 0 amide bonds. The van der Waals surface area contributed by atoms with E-state index in [-0.39, 0.29) is 5.60 Å². The summed E-state index contributed by atoms with van der Waals surface area (Å²) < 4.78 is 7.37. The first-order chi connectivity index (χ1) is 9.85. The largest absolute Gasteiger partial charge is 0.369 e. The summed E-state index contributed by atoms with van der Waals surface area (Å²) in [6, 6.07) is 8.33. The maximum absolute atomic E-state index is 6.27. The molecule has 1 fully saturated rings. The third-order valence-corrected chi connectivity index (χ3v) is 5.48. The van der Waals surface area contributed by atoms with Crippen LogP contribution in [0.25, 0.3) is 0 Å². The number of rotatable bonds is 4. The highest BCUT2D eigenvalue weighted by Gasteiger charge is 2.38. The molecule has 1 aliphatic carbocycles. The van der Waals surface area contributed by atoms with E-state index >= 15 is 0 Å². The van der Waals surface area contributed by atoms with Gasteiger partial charge in [0, 0.05) is 11.0 Å². The lowest BCUT2D eigenvalue weighted by molar-refractivity contribution is -0.0888. The highest BCUT2D eigenvalue weighted by Crippen LogP contribution is 2.42. The fraction of sp³-hybridized carbons (Fsp3) is 0.667. The number of halogens is 1. The highest BCUT2D eigenvalue weighted by atomic mass is 79.9. The average Bonchev–Trinajstić information content (AvgIpc) is 2.46. The smallest absolute Gasteiger partial charge is 0.0808 e. The van der Waals surface area contributed by atoms with Crippen LogP contribution in [-0.2, 0) is 11.3 Å². The van der Waals surface area contributed by atoms with Crippen molar-refractivity contribution < 1.29 is 4.74 Å². The van der Waals surface area contributed by atoms with Crippen LogP contribution in [0.15, 0.2) is 28.7 Å². The van der Waals surface area contributed by atoms with E-state index in [1.807, 2.05) is 0 Å². The van der Waals surface area contributed by atoms with Gasteiger partial charge in [-0.1, -0.05) is 48.8 Å². The summed E-state index contributed by atoms with van der Waals surface area (Å²) in [6.45, 7) is 8.31. The minimum absolute atomic E-state index is 0.116. The lowest BCUT2D eigenvalue weighted by Gasteiger charge is -2.43. The molecule has 1 saturated carbocycles. The molecule has 118 valence electrons. The van der Waals surface area contributed by atoms with Crippen LogP contribution in [-0.4, -0.2) is 12.1 Å². The van der Waals surface area contributed by atoms with Gasteiger partial charge in [0.25, 0.3) is 0 Å². The molecule has 3 heteroatoms. The van der Waals surface area contributed by atoms with E-state index in [4.69, 9.17) is 10.5 Å². The van der Waals surface area contributed by atoms with Gasteiger partial charge in [-0.25, -0.2) is 0 Å². The highest BCUT2D eigenvalue weighted by molar-refractivity contribution is 9.10. The van der Waals surface area contributed by atoms with Crippen molar-refractivity contribution in [3.8, 4) is 0 Å². The minimum Gasteiger partial charge on any atom is -0.369 e. The number of hydrogen-bond donors (Lipinski definition) is 1. The quantitative estimate of drug-likeness (QED) is 0.835. The lowest BCUT2D eigenvalue weighted by Crippen LogP contribution is -2.45.